The number of pyridine rings is 1. The molecular weight excluding hydrogens is 507 g/mol. The first-order valence-corrected chi connectivity index (χ1v) is 10.1. The van der Waals surface area contributed by atoms with Crippen LogP contribution in [-0.4, -0.2) is 65.4 Å². The Bertz CT molecular complexity index is 855. The van der Waals surface area contributed by atoms with E-state index in [4.69, 9.17) is 9.47 Å². The average molecular weight is 540 g/mol. The molecule has 2 aromatic rings. The molecule has 8 nitrogen and oxygen atoms in total. The molecule has 0 saturated carbocycles. The van der Waals surface area contributed by atoms with Crippen LogP contribution >= 0.6 is 24.0 Å². The first kappa shape index (κ1) is 24.8. The van der Waals surface area contributed by atoms with Crippen LogP contribution < -0.4 is 29.9 Å². The molecule has 1 unspecified atom stereocenters. The van der Waals surface area contributed by atoms with Gasteiger partial charge in [-0.2, -0.15) is 0 Å². The second-order valence-corrected chi connectivity index (χ2v) is 7.45. The van der Waals surface area contributed by atoms with Gasteiger partial charge in [0, 0.05) is 82.5 Å². The molecule has 2 N–H and O–H groups in total. The number of aliphatic imine (C=N–C) groups is 1. The van der Waals surface area contributed by atoms with Gasteiger partial charge in [0.25, 0.3) is 0 Å². The van der Waals surface area contributed by atoms with Gasteiger partial charge in [0.15, 0.2) is 5.96 Å². The zero-order chi connectivity index (χ0) is 21.5. The van der Waals surface area contributed by atoms with Crippen molar-refractivity contribution in [1.82, 2.24) is 15.6 Å². The topological polar surface area (TPSA) is 74.3 Å². The Morgan fingerprint density at radius 2 is 1.94 bits per heavy atom. The summed E-state index contributed by atoms with van der Waals surface area (Å²) in [6, 6.07) is 10.3. The molecule has 0 radical (unpaired) electrons. The summed E-state index contributed by atoms with van der Waals surface area (Å²) in [5, 5.41) is 6.95. The summed E-state index contributed by atoms with van der Waals surface area (Å²) < 4.78 is 10.8. The van der Waals surface area contributed by atoms with Crippen molar-refractivity contribution in [3.05, 3.63) is 42.1 Å². The van der Waals surface area contributed by atoms with Gasteiger partial charge < -0.3 is 29.9 Å². The summed E-state index contributed by atoms with van der Waals surface area (Å²) in [7, 11) is 9.14. The molecule has 1 atom stereocenters. The highest BCUT2D eigenvalue weighted by atomic mass is 127. The van der Waals surface area contributed by atoms with E-state index in [9.17, 15) is 0 Å². The van der Waals surface area contributed by atoms with Gasteiger partial charge in [-0.3, -0.25) is 4.99 Å². The van der Waals surface area contributed by atoms with Crippen molar-refractivity contribution < 1.29 is 9.47 Å². The minimum Gasteiger partial charge on any atom is -0.497 e. The Kier molecular flexibility index (Phi) is 9.47. The highest BCUT2D eigenvalue weighted by Gasteiger charge is 2.24. The lowest BCUT2D eigenvalue weighted by Crippen LogP contribution is -2.44. The van der Waals surface area contributed by atoms with Crippen molar-refractivity contribution in [1.29, 1.82) is 0 Å². The lowest BCUT2D eigenvalue weighted by Gasteiger charge is -2.22. The van der Waals surface area contributed by atoms with E-state index >= 15 is 0 Å². The molecule has 1 aliphatic heterocycles. The van der Waals surface area contributed by atoms with E-state index in [1.54, 1.807) is 21.3 Å². The first-order valence-electron chi connectivity index (χ1n) is 10.1. The Morgan fingerprint density at radius 3 is 2.55 bits per heavy atom. The average Bonchev–Trinajstić information content (AvgIpc) is 3.24. The van der Waals surface area contributed by atoms with Crippen LogP contribution in [0, 0.1) is 0 Å². The van der Waals surface area contributed by atoms with Gasteiger partial charge in [0.2, 0.25) is 0 Å². The van der Waals surface area contributed by atoms with Gasteiger partial charge in [-0.15, -0.1) is 24.0 Å². The molecule has 1 saturated heterocycles. The van der Waals surface area contributed by atoms with Crippen LogP contribution in [0.3, 0.4) is 0 Å². The van der Waals surface area contributed by atoms with Crippen molar-refractivity contribution >= 4 is 41.4 Å². The molecule has 1 aliphatic rings. The molecule has 1 aromatic heterocycles. The number of guanidine groups is 1. The van der Waals surface area contributed by atoms with Crippen LogP contribution in [0.15, 0.2) is 41.5 Å². The highest BCUT2D eigenvalue weighted by Crippen LogP contribution is 2.30. The Balaban J connectivity index is 0.00000341. The third kappa shape index (κ3) is 6.52. The third-order valence-corrected chi connectivity index (χ3v) is 5.19. The van der Waals surface area contributed by atoms with Crippen LogP contribution in [0.1, 0.15) is 12.0 Å². The van der Waals surface area contributed by atoms with E-state index in [1.807, 2.05) is 49.5 Å². The second kappa shape index (κ2) is 11.8. The maximum atomic E-state index is 5.41. The Labute approximate surface area is 202 Å². The largest absolute Gasteiger partial charge is 0.497 e. The van der Waals surface area contributed by atoms with Crippen LogP contribution in [0.5, 0.6) is 11.5 Å². The monoisotopic (exact) mass is 540 g/mol. The molecule has 1 aromatic carbocycles. The van der Waals surface area contributed by atoms with E-state index in [0.29, 0.717) is 12.6 Å². The maximum Gasteiger partial charge on any atom is 0.191 e. The van der Waals surface area contributed by atoms with Crippen LogP contribution in [-0.2, 0) is 6.54 Å². The fraction of sp³-hybridized carbons (Fsp3) is 0.455. The number of hydrogen-bond donors (Lipinski definition) is 2. The van der Waals surface area contributed by atoms with Crippen molar-refractivity contribution in [2.45, 2.75) is 19.0 Å². The number of anilines is 2. The molecule has 3 rings (SSSR count). The Morgan fingerprint density at radius 1 is 1.23 bits per heavy atom. The van der Waals surface area contributed by atoms with E-state index < -0.39 is 0 Å². The van der Waals surface area contributed by atoms with Crippen LogP contribution in [0.25, 0.3) is 0 Å². The minimum absolute atomic E-state index is 0. The van der Waals surface area contributed by atoms with Gasteiger partial charge in [0.1, 0.15) is 17.3 Å². The summed E-state index contributed by atoms with van der Waals surface area (Å²) in [5.74, 6) is 3.34. The zero-order valence-corrected chi connectivity index (χ0v) is 21.2. The van der Waals surface area contributed by atoms with Crippen LogP contribution in [0.2, 0.25) is 0 Å². The van der Waals surface area contributed by atoms with Gasteiger partial charge in [0.05, 0.1) is 14.2 Å². The minimum atomic E-state index is 0. The SMILES string of the molecule is CN=C(NCc1cccnc1N(C)C)NC1CCN(c2cc(OC)cc(OC)c2)C1.I. The summed E-state index contributed by atoms with van der Waals surface area (Å²) in [4.78, 5) is 13.2. The summed E-state index contributed by atoms with van der Waals surface area (Å²) in [5.41, 5.74) is 2.23. The number of nitrogens with one attached hydrogen (secondary N) is 2. The quantitative estimate of drug-likeness (QED) is 0.318. The summed E-state index contributed by atoms with van der Waals surface area (Å²) >= 11 is 0. The number of benzene rings is 1. The summed E-state index contributed by atoms with van der Waals surface area (Å²) in [6.45, 7) is 2.50. The van der Waals surface area contributed by atoms with Crippen LogP contribution in [0.4, 0.5) is 11.5 Å². The van der Waals surface area contributed by atoms with Crippen molar-refractivity contribution in [3.63, 3.8) is 0 Å². The van der Waals surface area contributed by atoms with Crippen molar-refractivity contribution in [3.8, 4) is 11.5 Å². The van der Waals surface area contributed by atoms with Gasteiger partial charge in [-0.25, -0.2) is 4.98 Å². The molecule has 31 heavy (non-hydrogen) atoms. The molecule has 0 bridgehead atoms. The maximum absolute atomic E-state index is 5.41. The Hall–Kier alpha value is -2.43. The third-order valence-electron chi connectivity index (χ3n) is 5.19. The number of aromatic nitrogens is 1. The van der Waals surface area contributed by atoms with Gasteiger partial charge >= 0.3 is 0 Å². The number of ether oxygens (including phenoxy) is 2. The van der Waals surface area contributed by atoms with E-state index in [2.05, 4.69) is 31.6 Å². The second-order valence-electron chi connectivity index (χ2n) is 7.45. The van der Waals surface area contributed by atoms with Gasteiger partial charge in [-0.1, -0.05) is 6.07 Å². The lowest BCUT2D eigenvalue weighted by atomic mass is 10.2. The van der Waals surface area contributed by atoms with Gasteiger partial charge in [-0.05, 0) is 12.5 Å². The van der Waals surface area contributed by atoms with E-state index in [0.717, 1.165) is 54.0 Å². The number of hydrogen-bond acceptors (Lipinski definition) is 6. The molecule has 170 valence electrons. The normalized spacial score (nSPS) is 15.8. The molecule has 0 amide bonds. The number of rotatable bonds is 7. The summed E-state index contributed by atoms with van der Waals surface area (Å²) in [6.07, 6.45) is 2.84. The molecular formula is C22H33IN6O2. The van der Waals surface area contributed by atoms with Crippen molar-refractivity contribution in [2.24, 2.45) is 4.99 Å². The number of nitrogens with zero attached hydrogens (tertiary/aromatic N) is 4. The predicted molar refractivity (Wildman–Crippen MR) is 137 cm³/mol. The predicted octanol–water partition coefficient (Wildman–Crippen LogP) is 2.73. The lowest BCUT2D eigenvalue weighted by molar-refractivity contribution is 0.394. The first-order chi connectivity index (χ1) is 14.5. The molecule has 2 heterocycles. The number of halogens is 1. The molecule has 0 aliphatic carbocycles. The van der Waals surface area contributed by atoms with E-state index in [1.165, 1.54) is 0 Å². The molecule has 1 fully saturated rings. The zero-order valence-electron chi connectivity index (χ0n) is 18.9. The number of methoxy groups -OCH3 is 2. The fourth-order valence-corrected chi connectivity index (χ4v) is 3.63. The molecule has 9 heteroatoms. The smallest absolute Gasteiger partial charge is 0.191 e. The van der Waals surface area contributed by atoms with E-state index in [-0.39, 0.29) is 24.0 Å². The molecule has 0 spiro atoms. The van der Waals surface area contributed by atoms with Crippen molar-refractivity contribution in [2.75, 3.05) is 58.3 Å². The standard InChI is InChI=1S/C22H32N6O2.HI/c1-23-22(25-14-16-7-6-9-24-21(16)27(2)3)26-17-8-10-28(15-17)18-11-19(29-4)13-20(12-18)30-5;/h6-7,9,11-13,17H,8,10,14-15H2,1-5H3,(H2,23,25,26);1H. The fourth-order valence-electron chi connectivity index (χ4n) is 3.63. The highest BCUT2D eigenvalue weighted by molar-refractivity contribution is 14.0.